The molecule has 5 heterocycles. The first-order valence-corrected chi connectivity index (χ1v) is 19.8. The van der Waals surface area contributed by atoms with E-state index in [1.807, 2.05) is 62.4 Å². The van der Waals surface area contributed by atoms with Crippen molar-refractivity contribution in [2.45, 2.75) is 88.9 Å². The minimum Gasteiger partial charge on any atom is -0.507 e. The second-order valence-electron chi connectivity index (χ2n) is 16.8. The minimum atomic E-state index is -0.796. The smallest absolute Gasteiger partial charge is 0.243 e. The molecular formula is C44H47N7O5. The van der Waals surface area contributed by atoms with E-state index in [9.17, 15) is 19.8 Å². The van der Waals surface area contributed by atoms with Crippen LogP contribution in [0, 0.1) is 23.7 Å². The zero-order chi connectivity index (χ0) is 38.7. The number of phenols is 1. The number of carbonyl (C=O) groups excluding carboxylic acids is 2. The van der Waals surface area contributed by atoms with Crippen LogP contribution in [0.1, 0.15) is 92.8 Å². The number of aromatic hydroxyl groups is 1. The number of hydrogen-bond donors (Lipinski definition) is 3. The summed E-state index contributed by atoms with van der Waals surface area (Å²) < 4.78 is 8.38. The number of amides is 2. The first kappa shape index (κ1) is 36.0. The predicted molar refractivity (Wildman–Crippen MR) is 211 cm³/mol. The first-order valence-electron chi connectivity index (χ1n) is 19.8. The van der Waals surface area contributed by atoms with Crippen molar-refractivity contribution in [1.29, 1.82) is 0 Å². The van der Waals surface area contributed by atoms with Gasteiger partial charge in [0.05, 0.1) is 17.3 Å². The molecule has 2 saturated heterocycles. The van der Waals surface area contributed by atoms with Gasteiger partial charge in [-0.3, -0.25) is 9.59 Å². The lowest BCUT2D eigenvalue weighted by Gasteiger charge is -2.59. The van der Waals surface area contributed by atoms with Gasteiger partial charge >= 0.3 is 0 Å². The van der Waals surface area contributed by atoms with E-state index < -0.39 is 18.1 Å². The standard InChI is InChI=1S/C44H47N7O5/c1-4-27-12-14-28(15-13-27)22-45-42(54)37-16-31(52)23-50(37)43(55)41(26(2)3)39-19-40(48-56-39)49-24-44(25-49)20-29(21-44)35-18-34-36(51(35)30-8-7-9-30)17-33(46-47-34)32-10-5-6-11-38(32)53/h1,5-6,10-15,17-19,26,29-31,37,41,52-53H,7-9,16,20-25H2,2-3H3,(H,45,54)/t31-,37+,41?/m1/s1. The molecule has 4 fully saturated rings. The van der Waals surface area contributed by atoms with Crippen LogP contribution in [0.25, 0.3) is 22.3 Å². The summed E-state index contributed by atoms with van der Waals surface area (Å²) in [5, 5.41) is 37.6. The number of terminal acetylenes is 1. The van der Waals surface area contributed by atoms with Gasteiger partial charge in [-0.15, -0.1) is 16.6 Å². The number of hydrogen-bond acceptors (Lipinski definition) is 9. The number of aliphatic hydroxyl groups is 1. The summed E-state index contributed by atoms with van der Waals surface area (Å²) in [6.07, 6.45) is 10.5. The monoisotopic (exact) mass is 753 g/mol. The molecule has 1 spiro atoms. The van der Waals surface area contributed by atoms with Crippen molar-refractivity contribution in [1.82, 2.24) is 30.1 Å². The minimum absolute atomic E-state index is 0.0812. The summed E-state index contributed by atoms with van der Waals surface area (Å²) in [7, 11) is 0. The highest BCUT2D eigenvalue weighted by atomic mass is 16.5. The molecule has 56 heavy (non-hydrogen) atoms. The molecule has 2 aliphatic carbocycles. The Bertz CT molecular complexity index is 2320. The third kappa shape index (κ3) is 6.37. The number of carbonyl (C=O) groups is 2. The van der Waals surface area contributed by atoms with Gasteiger partial charge in [0.1, 0.15) is 23.2 Å². The van der Waals surface area contributed by atoms with Gasteiger partial charge in [0, 0.05) is 72.9 Å². The highest BCUT2D eigenvalue weighted by Gasteiger charge is 2.54. The van der Waals surface area contributed by atoms with Crippen LogP contribution in [-0.4, -0.2) is 78.6 Å². The number of nitrogens with zero attached hydrogens (tertiary/aromatic N) is 6. The van der Waals surface area contributed by atoms with E-state index in [0.717, 1.165) is 66.8 Å². The number of rotatable bonds is 10. The van der Waals surface area contributed by atoms with Gasteiger partial charge in [0.2, 0.25) is 11.8 Å². The summed E-state index contributed by atoms with van der Waals surface area (Å²) in [6.45, 7) is 6.01. The topological polar surface area (TPSA) is 150 Å². The molecule has 2 saturated carbocycles. The fourth-order valence-electron chi connectivity index (χ4n) is 9.42. The molecule has 12 nitrogen and oxygen atoms in total. The maximum Gasteiger partial charge on any atom is 0.243 e. The van der Waals surface area contributed by atoms with E-state index >= 15 is 0 Å². The lowest BCUT2D eigenvalue weighted by Crippen LogP contribution is -2.62. The fourth-order valence-corrected chi connectivity index (χ4v) is 9.42. The summed E-state index contributed by atoms with van der Waals surface area (Å²) in [6, 6.07) is 20.5. The van der Waals surface area contributed by atoms with Gasteiger partial charge in [-0.1, -0.05) is 49.2 Å². The summed E-state index contributed by atoms with van der Waals surface area (Å²) >= 11 is 0. The molecule has 2 aliphatic heterocycles. The van der Waals surface area contributed by atoms with Crippen LogP contribution in [0.3, 0.4) is 0 Å². The average molecular weight is 754 g/mol. The number of phenolic OH excluding ortho intramolecular Hbond substituents is 1. The van der Waals surface area contributed by atoms with E-state index in [1.54, 1.807) is 6.07 Å². The Hall–Kier alpha value is -5.67. The highest BCUT2D eigenvalue weighted by Crippen LogP contribution is 2.58. The van der Waals surface area contributed by atoms with E-state index in [1.165, 1.54) is 17.0 Å². The Morgan fingerprint density at radius 3 is 2.52 bits per heavy atom. The summed E-state index contributed by atoms with van der Waals surface area (Å²) in [5.74, 6) is 3.05. The van der Waals surface area contributed by atoms with Gasteiger partial charge in [-0.05, 0) is 80.0 Å². The Morgan fingerprint density at radius 1 is 1.05 bits per heavy atom. The molecule has 9 rings (SSSR count). The number of β-amino-alcohol motifs (C(OH)–C–C–N with tert-alkyl or cyclic N) is 1. The Labute approximate surface area is 325 Å². The molecule has 288 valence electrons. The maximum atomic E-state index is 14.1. The molecule has 0 radical (unpaired) electrons. The first-order chi connectivity index (χ1) is 27.1. The van der Waals surface area contributed by atoms with E-state index in [0.29, 0.717) is 29.0 Å². The molecule has 3 N–H and O–H groups in total. The van der Waals surface area contributed by atoms with Crippen molar-refractivity contribution in [3.8, 4) is 29.4 Å². The molecule has 5 aromatic rings. The quantitative estimate of drug-likeness (QED) is 0.148. The predicted octanol–water partition coefficient (Wildman–Crippen LogP) is 5.90. The number of anilines is 1. The largest absolute Gasteiger partial charge is 0.507 e. The Morgan fingerprint density at radius 2 is 1.82 bits per heavy atom. The highest BCUT2D eigenvalue weighted by molar-refractivity contribution is 5.91. The molecule has 12 heteroatoms. The lowest BCUT2D eigenvalue weighted by atomic mass is 9.57. The molecule has 2 aromatic carbocycles. The van der Waals surface area contributed by atoms with Crippen LogP contribution in [0.2, 0.25) is 0 Å². The number of fused-ring (bicyclic) bond motifs is 1. The van der Waals surface area contributed by atoms with Gasteiger partial charge in [0.25, 0.3) is 0 Å². The molecular weight excluding hydrogens is 707 g/mol. The zero-order valence-electron chi connectivity index (χ0n) is 31.8. The molecule has 1 unspecified atom stereocenters. The van der Waals surface area contributed by atoms with E-state index in [2.05, 4.69) is 48.2 Å². The zero-order valence-corrected chi connectivity index (χ0v) is 31.8. The van der Waals surface area contributed by atoms with Gasteiger partial charge in [-0.25, -0.2) is 0 Å². The number of para-hydroxylation sites is 1. The van der Waals surface area contributed by atoms with E-state index in [4.69, 9.17) is 10.9 Å². The molecule has 0 bridgehead atoms. The van der Waals surface area contributed by atoms with Gasteiger partial charge in [0.15, 0.2) is 11.6 Å². The van der Waals surface area contributed by atoms with Gasteiger partial charge < -0.3 is 34.4 Å². The number of nitrogens with one attached hydrogen (secondary N) is 1. The Balaban J connectivity index is 0.857. The number of aliphatic hydroxyl groups excluding tert-OH is 1. The van der Waals surface area contributed by atoms with Crippen LogP contribution < -0.4 is 10.2 Å². The van der Waals surface area contributed by atoms with Crippen LogP contribution in [-0.2, 0) is 16.1 Å². The number of aromatic nitrogens is 4. The van der Waals surface area contributed by atoms with Crippen LogP contribution in [0.4, 0.5) is 5.82 Å². The van der Waals surface area contributed by atoms with Crippen LogP contribution in [0.5, 0.6) is 5.75 Å². The average Bonchev–Trinajstić information content (AvgIpc) is 3.87. The second kappa shape index (κ2) is 14.1. The van der Waals surface area contributed by atoms with Crippen molar-refractivity contribution in [3.05, 3.63) is 89.3 Å². The number of likely N-dealkylation sites (tertiary alicyclic amines) is 1. The van der Waals surface area contributed by atoms with E-state index in [-0.39, 0.29) is 48.4 Å². The Kier molecular flexibility index (Phi) is 9.08. The van der Waals surface area contributed by atoms with Crippen molar-refractivity contribution in [2.24, 2.45) is 11.3 Å². The SMILES string of the molecule is C#Cc1ccc(CNC(=O)[C@@H]2C[C@@H](O)CN2C(=O)C(c2cc(N3CC4(CC(c5cc6nnc(-c7ccccc7O)cc6n5C5CCC5)C4)C3)no2)C(C)C)cc1. The maximum absolute atomic E-state index is 14.1. The summed E-state index contributed by atoms with van der Waals surface area (Å²) in [5.41, 5.74) is 6.52. The molecule has 4 aliphatic rings. The normalized spacial score (nSPS) is 21.1. The second-order valence-corrected chi connectivity index (χ2v) is 16.8. The van der Waals surface area contributed by atoms with Gasteiger partial charge in [-0.2, -0.15) is 0 Å². The lowest BCUT2D eigenvalue weighted by molar-refractivity contribution is -0.141. The van der Waals surface area contributed by atoms with Crippen molar-refractivity contribution >= 4 is 28.7 Å². The van der Waals surface area contributed by atoms with Crippen LogP contribution >= 0.6 is 0 Å². The third-order valence-electron chi connectivity index (χ3n) is 12.6. The fraction of sp³-hybridized carbons (Fsp3) is 0.432. The number of benzene rings is 2. The van der Waals surface area contributed by atoms with Crippen molar-refractivity contribution in [3.63, 3.8) is 0 Å². The third-order valence-corrected chi connectivity index (χ3v) is 12.6. The molecule has 3 atom stereocenters. The van der Waals surface area contributed by atoms with Crippen LogP contribution in [0.15, 0.2) is 71.3 Å². The summed E-state index contributed by atoms with van der Waals surface area (Å²) in [4.78, 5) is 31.2. The molecule has 3 aromatic heterocycles. The van der Waals surface area contributed by atoms with Crippen molar-refractivity contribution < 1.29 is 24.3 Å². The molecule has 2 amide bonds. The van der Waals surface area contributed by atoms with Crippen molar-refractivity contribution in [2.75, 3.05) is 24.5 Å².